The van der Waals surface area contributed by atoms with Crippen LogP contribution in [0.1, 0.15) is 24.1 Å². The minimum atomic E-state index is -0.644. The number of hydrogen-bond donors (Lipinski definition) is 0. The van der Waals surface area contributed by atoms with Gasteiger partial charge in [-0.3, -0.25) is 19.5 Å². The van der Waals surface area contributed by atoms with Crippen LogP contribution < -0.4 is 5.76 Å². The van der Waals surface area contributed by atoms with Gasteiger partial charge in [-0.25, -0.2) is 9.48 Å². The molecule has 0 amide bonds. The average Bonchev–Trinajstić information content (AvgIpc) is 3.27. The Balaban J connectivity index is 1.36. The number of carbonyl (C=O) groups excluding carboxylic acids is 1. The van der Waals surface area contributed by atoms with E-state index in [1.807, 2.05) is 30.3 Å². The van der Waals surface area contributed by atoms with Crippen LogP contribution in [-0.4, -0.2) is 25.2 Å². The fourth-order valence-corrected chi connectivity index (χ4v) is 3.75. The van der Waals surface area contributed by atoms with Gasteiger partial charge in [0.15, 0.2) is 5.58 Å². The number of halogens is 1. The lowest BCUT2D eigenvalue weighted by atomic mass is 10.2. The summed E-state index contributed by atoms with van der Waals surface area (Å²) in [6.45, 7) is 1.97. The Kier molecular flexibility index (Phi) is 6.27. The summed E-state index contributed by atoms with van der Waals surface area (Å²) < 4.78 is 13.4. The maximum Gasteiger partial charge on any atom is 0.419 e. The fraction of sp³-hybridized carbons (Fsp3) is 0.227. The van der Waals surface area contributed by atoms with Crippen molar-refractivity contribution in [3.05, 3.63) is 85.6 Å². The minimum absolute atomic E-state index is 0.0193. The van der Waals surface area contributed by atoms with Crippen molar-refractivity contribution >= 4 is 34.4 Å². The lowest BCUT2D eigenvalue weighted by Gasteiger charge is -2.06. The Bertz CT molecular complexity index is 1390. The first kappa shape index (κ1) is 22.3. The van der Waals surface area contributed by atoms with Crippen LogP contribution in [0.3, 0.4) is 0 Å². The molecule has 0 saturated heterocycles. The zero-order valence-electron chi connectivity index (χ0n) is 17.6. The van der Waals surface area contributed by atoms with Gasteiger partial charge in [0.05, 0.1) is 27.9 Å². The molecule has 33 heavy (non-hydrogen) atoms. The highest BCUT2D eigenvalue weighted by atomic mass is 35.5. The monoisotopic (exact) mass is 470 g/mol. The number of aryl methyl sites for hydroxylation is 2. The Morgan fingerprint density at radius 1 is 1.24 bits per heavy atom. The van der Waals surface area contributed by atoms with E-state index in [9.17, 15) is 19.7 Å². The van der Waals surface area contributed by atoms with E-state index in [-0.39, 0.29) is 30.8 Å². The predicted octanol–water partition coefficient (Wildman–Crippen LogP) is 4.17. The van der Waals surface area contributed by atoms with Crippen molar-refractivity contribution in [1.29, 1.82) is 0 Å². The molecular formula is C22H19ClN4O6. The molecule has 0 aliphatic heterocycles. The molecule has 0 N–H and O–H groups in total. The molecule has 0 saturated carbocycles. The highest BCUT2D eigenvalue weighted by molar-refractivity contribution is 6.30. The molecular weight excluding hydrogens is 452 g/mol. The van der Waals surface area contributed by atoms with Gasteiger partial charge in [0.1, 0.15) is 11.8 Å². The summed E-state index contributed by atoms with van der Waals surface area (Å²) in [4.78, 5) is 34.6. The average molecular weight is 471 g/mol. The maximum atomic E-state index is 12.2. The van der Waals surface area contributed by atoms with E-state index < -0.39 is 16.6 Å². The first-order valence-electron chi connectivity index (χ1n) is 10.1. The largest absolute Gasteiger partial charge is 0.461 e. The third-order valence-corrected chi connectivity index (χ3v) is 5.51. The van der Waals surface area contributed by atoms with Gasteiger partial charge in [-0.1, -0.05) is 29.8 Å². The van der Waals surface area contributed by atoms with Crippen LogP contribution in [0.5, 0.6) is 0 Å². The summed E-state index contributed by atoms with van der Waals surface area (Å²) in [6, 6.07) is 13.3. The van der Waals surface area contributed by atoms with Crippen molar-refractivity contribution < 1.29 is 18.9 Å². The van der Waals surface area contributed by atoms with E-state index in [0.29, 0.717) is 28.3 Å². The number of carbonyl (C=O) groups is 1. The number of nitro groups is 1. The highest BCUT2D eigenvalue weighted by Crippen LogP contribution is 2.24. The molecule has 0 radical (unpaired) electrons. The first-order chi connectivity index (χ1) is 15.8. The Morgan fingerprint density at radius 2 is 2.00 bits per heavy atom. The first-order valence-corrected chi connectivity index (χ1v) is 10.5. The summed E-state index contributed by atoms with van der Waals surface area (Å²) in [5.74, 6) is -1.09. The second-order valence-electron chi connectivity index (χ2n) is 7.30. The molecule has 2 heterocycles. The molecule has 0 aliphatic carbocycles. The number of rotatable bonds is 8. The summed E-state index contributed by atoms with van der Waals surface area (Å²) in [6.07, 6.45) is 0.385. The lowest BCUT2D eigenvalue weighted by Crippen LogP contribution is -2.15. The molecule has 2 aromatic heterocycles. The summed E-state index contributed by atoms with van der Waals surface area (Å²) in [5.41, 5.74) is 2.45. The number of benzene rings is 2. The van der Waals surface area contributed by atoms with E-state index in [4.69, 9.17) is 20.8 Å². The second-order valence-corrected chi connectivity index (χ2v) is 7.65. The van der Waals surface area contributed by atoms with Gasteiger partial charge in [-0.05, 0) is 31.5 Å². The predicted molar refractivity (Wildman–Crippen MR) is 119 cm³/mol. The zero-order valence-corrected chi connectivity index (χ0v) is 18.3. The van der Waals surface area contributed by atoms with Crippen molar-refractivity contribution in [3.8, 4) is 5.69 Å². The fourth-order valence-electron chi connectivity index (χ4n) is 3.42. The van der Waals surface area contributed by atoms with E-state index in [1.165, 1.54) is 22.8 Å². The van der Waals surface area contributed by atoms with Crippen LogP contribution in [0, 0.1) is 17.0 Å². The number of nitrogens with zero attached hydrogens (tertiary/aromatic N) is 4. The number of esters is 1. The molecule has 0 bridgehead atoms. The quantitative estimate of drug-likeness (QED) is 0.215. The molecule has 4 rings (SSSR count). The van der Waals surface area contributed by atoms with Crippen molar-refractivity contribution in [2.45, 2.75) is 32.9 Å². The van der Waals surface area contributed by atoms with Gasteiger partial charge in [-0.2, -0.15) is 5.10 Å². The second kappa shape index (κ2) is 9.29. The van der Waals surface area contributed by atoms with Gasteiger partial charge in [-0.15, -0.1) is 0 Å². The summed E-state index contributed by atoms with van der Waals surface area (Å²) in [7, 11) is 0. The molecule has 11 heteroatoms. The highest BCUT2D eigenvalue weighted by Gasteiger charge is 2.17. The number of hydrogen-bond acceptors (Lipinski definition) is 7. The van der Waals surface area contributed by atoms with Crippen molar-refractivity contribution in [3.63, 3.8) is 0 Å². The van der Waals surface area contributed by atoms with Gasteiger partial charge in [0.2, 0.25) is 0 Å². The van der Waals surface area contributed by atoms with Crippen molar-refractivity contribution in [2.24, 2.45) is 0 Å². The third kappa shape index (κ3) is 4.65. The smallest absolute Gasteiger partial charge is 0.419 e. The van der Waals surface area contributed by atoms with Crippen LogP contribution in [0.25, 0.3) is 16.8 Å². The molecule has 0 spiro atoms. The molecule has 0 unspecified atom stereocenters. The number of nitro benzene ring substituents is 1. The molecule has 0 atom stereocenters. The number of ether oxygens (including phenoxy) is 1. The van der Waals surface area contributed by atoms with Crippen molar-refractivity contribution in [1.82, 2.24) is 14.3 Å². The van der Waals surface area contributed by atoms with E-state index in [0.717, 1.165) is 5.69 Å². The number of non-ortho nitro benzene ring substituents is 1. The molecule has 10 nitrogen and oxygen atoms in total. The van der Waals surface area contributed by atoms with Gasteiger partial charge < -0.3 is 9.15 Å². The maximum absolute atomic E-state index is 12.2. The van der Waals surface area contributed by atoms with Crippen LogP contribution in [0.4, 0.5) is 5.69 Å². The molecule has 170 valence electrons. The van der Waals surface area contributed by atoms with Gasteiger partial charge in [0, 0.05) is 24.6 Å². The standard InChI is InChI=1S/C22H19ClN4O6/c1-14-17(21(23)26(24-14)15-6-3-2-4-7-15)13-32-20(28)8-5-11-25-18-10-9-16(27(30)31)12-19(18)33-22(25)29/h2-4,6-7,9-10,12H,5,8,11,13H2,1H3. The van der Waals surface area contributed by atoms with E-state index in [1.54, 1.807) is 11.6 Å². The van der Waals surface area contributed by atoms with Crippen molar-refractivity contribution in [2.75, 3.05) is 0 Å². The number of aromatic nitrogens is 3. The van der Waals surface area contributed by atoms with Crippen LogP contribution >= 0.6 is 11.6 Å². The Hall–Kier alpha value is -3.92. The number of para-hydroxylation sites is 1. The lowest BCUT2D eigenvalue weighted by molar-refractivity contribution is -0.384. The zero-order chi connectivity index (χ0) is 23.5. The normalized spacial score (nSPS) is 11.1. The third-order valence-electron chi connectivity index (χ3n) is 5.13. The molecule has 0 aliphatic rings. The van der Waals surface area contributed by atoms with E-state index in [2.05, 4.69) is 5.10 Å². The SMILES string of the molecule is Cc1nn(-c2ccccc2)c(Cl)c1COC(=O)CCCn1c(=O)oc2cc([N+](=O)[O-])ccc21. The van der Waals surface area contributed by atoms with E-state index >= 15 is 0 Å². The number of oxazole rings is 1. The summed E-state index contributed by atoms with van der Waals surface area (Å²) >= 11 is 6.44. The Morgan fingerprint density at radius 3 is 2.73 bits per heavy atom. The molecule has 4 aromatic rings. The summed E-state index contributed by atoms with van der Waals surface area (Å²) in [5, 5.41) is 15.7. The van der Waals surface area contributed by atoms with Crippen LogP contribution in [0.2, 0.25) is 5.15 Å². The molecule has 0 fully saturated rings. The minimum Gasteiger partial charge on any atom is -0.461 e. The van der Waals surface area contributed by atoms with Crippen LogP contribution in [-0.2, 0) is 22.7 Å². The number of fused-ring (bicyclic) bond motifs is 1. The van der Waals surface area contributed by atoms with Crippen LogP contribution in [0.15, 0.2) is 57.7 Å². The Labute approximate surface area is 192 Å². The van der Waals surface area contributed by atoms with Gasteiger partial charge >= 0.3 is 11.7 Å². The molecule has 2 aromatic carbocycles. The van der Waals surface area contributed by atoms with Gasteiger partial charge in [0.25, 0.3) is 5.69 Å². The topological polar surface area (TPSA) is 122 Å².